The number of hydrogen-bond acceptors (Lipinski definition) is 4. The van der Waals surface area contributed by atoms with Crippen molar-refractivity contribution in [3.63, 3.8) is 0 Å². The number of nitrogens with zero attached hydrogens (tertiary/aromatic N) is 2. The molecular weight excluding hydrogens is 254 g/mol. The molecule has 5 nitrogen and oxygen atoms in total. The smallest absolute Gasteiger partial charge is 0.227 e. The van der Waals surface area contributed by atoms with Crippen LogP contribution in [-0.4, -0.2) is 36.1 Å². The van der Waals surface area contributed by atoms with Crippen LogP contribution in [0.15, 0.2) is 18.3 Å². The van der Waals surface area contributed by atoms with E-state index < -0.39 is 6.10 Å². The molecule has 110 valence electrons. The first kappa shape index (κ1) is 14.8. The summed E-state index contributed by atoms with van der Waals surface area (Å²) in [6.07, 6.45) is 2.78. The third-order valence-electron chi connectivity index (χ3n) is 4.11. The van der Waals surface area contributed by atoms with Crippen LogP contribution >= 0.6 is 0 Å². The van der Waals surface area contributed by atoms with Crippen molar-refractivity contribution < 1.29 is 9.90 Å². The first-order valence-electron chi connectivity index (χ1n) is 7.11. The van der Waals surface area contributed by atoms with E-state index in [1.165, 1.54) is 0 Å². The third-order valence-corrected chi connectivity index (χ3v) is 4.11. The number of hydrogen-bond donors (Lipinski definition) is 2. The van der Waals surface area contributed by atoms with Gasteiger partial charge < -0.3 is 15.3 Å². The van der Waals surface area contributed by atoms with Gasteiger partial charge in [0.05, 0.1) is 29.1 Å². The maximum atomic E-state index is 11.9. The summed E-state index contributed by atoms with van der Waals surface area (Å²) >= 11 is 0. The maximum absolute atomic E-state index is 11.9. The molecular formula is C15H23N3O2. The zero-order valence-electron chi connectivity index (χ0n) is 12.4. The van der Waals surface area contributed by atoms with E-state index in [-0.39, 0.29) is 11.3 Å². The van der Waals surface area contributed by atoms with Crippen LogP contribution in [0, 0.1) is 5.41 Å². The third kappa shape index (κ3) is 2.77. The molecule has 0 bridgehead atoms. The number of anilines is 1. The molecule has 2 N–H and O–H groups in total. The molecule has 1 unspecified atom stereocenters. The second kappa shape index (κ2) is 5.79. The number of nitrogens with one attached hydrogen (secondary N) is 1. The van der Waals surface area contributed by atoms with Gasteiger partial charge in [0.25, 0.3) is 0 Å². The molecule has 0 radical (unpaired) electrons. The summed E-state index contributed by atoms with van der Waals surface area (Å²) in [5, 5.41) is 12.5. The number of carbonyl (C=O) groups excluding carboxylic acids is 1. The molecule has 1 fully saturated rings. The summed E-state index contributed by atoms with van der Waals surface area (Å²) in [4.78, 5) is 18.4. The van der Waals surface area contributed by atoms with Gasteiger partial charge in [-0.05, 0) is 31.9 Å². The largest absolute Gasteiger partial charge is 0.387 e. The summed E-state index contributed by atoms with van der Waals surface area (Å²) in [6, 6.07) is 3.83. The molecule has 2 atom stereocenters. The molecule has 0 aromatic carbocycles. The van der Waals surface area contributed by atoms with Gasteiger partial charge in [-0.1, -0.05) is 6.92 Å². The average molecular weight is 277 g/mol. The van der Waals surface area contributed by atoms with Crippen LogP contribution in [0.1, 0.15) is 38.5 Å². The predicted molar refractivity (Wildman–Crippen MR) is 78.5 cm³/mol. The second-order valence-corrected chi connectivity index (χ2v) is 5.68. The molecule has 1 saturated heterocycles. The van der Waals surface area contributed by atoms with Crippen molar-refractivity contribution in [1.29, 1.82) is 0 Å². The Morgan fingerprint density at radius 2 is 2.35 bits per heavy atom. The van der Waals surface area contributed by atoms with Crippen molar-refractivity contribution >= 4 is 11.6 Å². The Morgan fingerprint density at radius 3 is 2.90 bits per heavy atom. The topological polar surface area (TPSA) is 65.5 Å². The molecule has 5 heteroatoms. The highest BCUT2D eigenvalue weighted by molar-refractivity contribution is 5.83. The molecule has 0 spiro atoms. The average Bonchev–Trinajstić information content (AvgIpc) is 2.89. The van der Waals surface area contributed by atoms with Crippen molar-refractivity contribution in [2.75, 3.05) is 25.0 Å². The van der Waals surface area contributed by atoms with Gasteiger partial charge in [0.15, 0.2) is 0 Å². The Balaban J connectivity index is 2.09. The number of aliphatic hydroxyl groups excluding tert-OH is 1. The lowest BCUT2D eigenvalue weighted by Gasteiger charge is -2.24. The molecule has 2 rings (SSSR count). The van der Waals surface area contributed by atoms with Crippen molar-refractivity contribution in [3.05, 3.63) is 24.0 Å². The number of rotatable bonds is 4. The van der Waals surface area contributed by atoms with Gasteiger partial charge in [-0.2, -0.15) is 0 Å². The van der Waals surface area contributed by atoms with Gasteiger partial charge >= 0.3 is 0 Å². The van der Waals surface area contributed by atoms with Gasteiger partial charge in [-0.25, -0.2) is 0 Å². The fourth-order valence-corrected chi connectivity index (χ4v) is 2.66. The highest BCUT2D eigenvalue weighted by atomic mass is 16.3. The number of pyridine rings is 1. The minimum absolute atomic E-state index is 0.0889. The van der Waals surface area contributed by atoms with Gasteiger partial charge in [-0.3, -0.25) is 9.78 Å². The van der Waals surface area contributed by atoms with Crippen LogP contribution < -0.4 is 10.2 Å². The molecule has 0 saturated carbocycles. The normalized spacial score (nSPS) is 23.7. The van der Waals surface area contributed by atoms with Crippen LogP contribution in [0.4, 0.5) is 5.69 Å². The summed E-state index contributed by atoms with van der Waals surface area (Å²) < 4.78 is 0. The molecule has 1 aliphatic heterocycles. The SMILES string of the molecule is CC[C@H](O)c1ccc(N2CCC(C)(C(=O)NC)C2)cn1. The van der Waals surface area contributed by atoms with E-state index in [0.29, 0.717) is 18.7 Å². The monoisotopic (exact) mass is 277 g/mol. The van der Waals surface area contributed by atoms with Crippen LogP contribution in [0.25, 0.3) is 0 Å². The molecule has 1 aliphatic rings. The van der Waals surface area contributed by atoms with Crippen LogP contribution in [0.2, 0.25) is 0 Å². The molecule has 2 heterocycles. The maximum Gasteiger partial charge on any atom is 0.227 e. The standard InChI is InChI=1S/C15H23N3O2/c1-4-13(19)12-6-5-11(9-17-12)18-8-7-15(2,10-18)14(20)16-3/h5-6,9,13,19H,4,7-8,10H2,1-3H3,(H,16,20)/t13-,15?/m0/s1. The molecule has 1 aromatic rings. The predicted octanol–water partition coefficient (Wildman–Crippen LogP) is 1.49. The van der Waals surface area contributed by atoms with Crippen molar-refractivity contribution in [3.8, 4) is 0 Å². The molecule has 1 amide bonds. The minimum Gasteiger partial charge on any atom is -0.387 e. The Kier molecular flexibility index (Phi) is 4.28. The lowest BCUT2D eigenvalue weighted by molar-refractivity contribution is -0.128. The fourth-order valence-electron chi connectivity index (χ4n) is 2.66. The molecule has 0 aliphatic carbocycles. The second-order valence-electron chi connectivity index (χ2n) is 5.68. The lowest BCUT2D eigenvalue weighted by atomic mass is 9.89. The summed E-state index contributed by atoms with van der Waals surface area (Å²) in [5.41, 5.74) is 1.37. The van der Waals surface area contributed by atoms with E-state index >= 15 is 0 Å². The first-order chi connectivity index (χ1) is 9.50. The van der Waals surface area contributed by atoms with E-state index in [0.717, 1.165) is 18.7 Å². The Morgan fingerprint density at radius 1 is 1.60 bits per heavy atom. The minimum atomic E-state index is -0.501. The summed E-state index contributed by atoms with van der Waals surface area (Å²) in [5.74, 6) is 0.0889. The van der Waals surface area contributed by atoms with Gasteiger partial charge in [-0.15, -0.1) is 0 Å². The first-order valence-corrected chi connectivity index (χ1v) is 7.11. The quantitative estimate of drug-likeness (QED) is 0.875. The Labute approximate surface area is 120 Å². The van der Waals surface area contributed by atoms with Crippen LogP contribution in [0.5, 0.6) is 0 Å². The van der Waals surface area contributed by atoms with Gasteiger partial charge in [0.2, 0.25) is 5.91 Å². The van der Waals surface area contributed by atoms with E-state index in [1.54, 1.807) is 13.2 Å². The highest BCUT2D eigenvalue weighted by Gasteiger charge is 2.39. The number of aromatic nitrogens is 1. The lowest BCUT2D eigenvalue weighted by Crippen LogP contribution is -2.39. The van der Waals surface area contributed by atoms with Gasteiger partial charge in [0.1, 0.15) is 0 Å². The van der Waals surface area contributed by atoms with Crippen molar-refractivity contribution in [2.24, 2.45) is 5.41 Å². The zero-order chi connectivity index (χ0) is 14.8. The van der Waals surface area contributed by atoms with E-state index in [9.17, 15) is 9.90 Å². The Hall–Kier alpha value is -1.62. The molecule has 20 heavy (non-hydrogen) atoms. The zero-order valence-corrected chi connectivity index (χ0v) is 12.4. The van der Waals surface area contributed by atoms with Crippen molar-refractivity contribution in [1.82, 2.24) is 10.3 Å². The highest BCUT2D eigenvalue weighted by Crippen LogP contribution is 2.33. The number of amides is 1. The van der Waals surface area contributed by atoms with Crippen LogP contribution in [-0.2, 0) is 4.79 Å². The van der Waals surface area contributed by atoms with Gasteiger partial charge in [0, 0.05) is 20.1 Å². The van der Waals surface area contributed by atoms with E-state index in [4.69, 9.17) is 0 Å². The van der Waals surface area contributed by atoms with E-state index in [1.807, 2.05) is 26.0 Å². The Bertz CT molecular complexity index is 475. The summed E-state index contributed by atoms with van der Waals surface area (Å²) in [6.45, 7) is 5.47. The van der Waals surface area contributed by atoms with E-state index in [2.05, 4.69) is 15.2 Å². The molecule has 1 aromatic heterocycles. The summed E-state index contributed by atoms with van der Waals surface area (Å²) in [7, 11) is 1.68. The number of aliphatic hydroxyl groups is 1. The van der Waals surface area contributed by atoms with Crippen molar-refractivity contribution in [2.45, 2.75) is 32.8 Å². The number of carbonyl (C=O) groups is 1. The fraction of sp³-hybridized carbons (Fsp3) is 0.600. The van der Waals surface area contributed by atoms with Crippen LogP contribution in [0.3, 0.4) is 0 Å².